The van der Waals surface area contributed by atoms with Gasteiger partial charge in [-0.05, 0) is 44.7 Å². The van der Waals surface area contributed by atoms with Crippen LogP contribution in [-0.2, 0) is 0 Å². The first-order chi connectivity index (χ1) is 6.86. The van der Waals surface area contributed by atoms with Gasteiger partial charge in [-0.3, -0.25) is 0 Å². The van der Waals surface area contributed by atoms with Gasteiger partial charge in [-0.1, -0.05) is 19.3 Å². The van der Waals surface area contributed by atoms with Gasteiger partial charge in [0.1, 0.15) is 0 Å². The fourth-order valence-corrected chi connectivity index (χ4v) is 2.90. The van der Waals surface area contributed by atoms with Gasteiger partial charge in [-0.25, -0.2) is 0 Å². The number of nitrogens with zero attached hydrogens (tertiary/aromatic N) is 1. The van der Waals surface area contributed by atoms with Crippen LogP contribution in [0.4, 0.5) is 0 Å². The van der Waals surface area contributed by atoms with Gasteiger partial charge in [0, 0.05) is 6.54 Å². The molecule has 14 heavy (non-hydrogen) atoms. The Kier molecular flexibility index (Phi) is 3.82. The minimum atomic E-state index is -0.0478. The van der Waals surface area contributed by atoms with Crippen molar-refractivity contribution in [1.82, 2.24) is 4.90 Å². The molecule has 1 N–H and O–H groups in total. The molecule has 0 aromatic heterocycles. The van der Waals surface area contributed by atoms with Crippen molar-refractivity contribution in [2.75, 3.05) is 19.6 Å². The molecule has 0 amide bonds. The first-order valence-corrected chi connectivity index (χ1v) is 6.26. The monoisotopic (exact) mass is 197 g/mol. The molecular weight excluding hydrogens is 174 g/mol. The van der Waals surface area contributed by atoms with E-state index in [1.54, 1.807) is 0 Å². The highest BCUT2D eigenvalue weighted by atomic mass is 16.3. The van der Waals surface area contributed by atoms with E-state index in [0.29, 0.717) is 5.92 Å². The van der Waals surface area contributed by atoms with E-state index in [1.807, 2.05) is 0 Å². The van der Waals surface area contributed by atoms with Crippen molar-refractivity contribution >= 4 is 0 Å². The second kappa shape index (κ2) is 5.13. The topological polar surface area (TPSA) is 23.5 Å². The lowest BCUT2D eigenvalue weighted by Crippen LogP contribution is -2.35. The molecule has 2 nitrogen and oxygen atoms in total. The molecule has 0 bridgehead atoms. The molecule has 1 aliphatic carbocycles. The lowest BCUT2D eigenvalue weighted by molar-refractivity contribution is 0.0544. The molecule has 0 aromatic carbocycles. The van der Waals surface area contributed by atoms with Gasteiger partial charge in [0.05, 0.1) is 6.10 Å². The Morgan fingerprint density at radius 1 is 1.00 bits per heavy atom. The summed E-state index contributed by atoms with van der Waals surface area (Å²) in [5, 5.41) is 10.1. The zero-order valence-corrected chi connectivity index (χ0v) is 9.12. The molecule has 0 aromatic rings. The summed E-state index contributed by atoms with van der Waals surface area (Å²) < 4.78 is 0. The third kappa shape index (κ3) is 2.71. The highest BCUT2D eigenvalue weighted by molar-refractivity contribution is 4.77. The van der Waals surface area contributed by atoms with Crippen molar-refractivity contribution in [3.8, 4) is 0 Å². The van der Waals surface area contributed by atoms with E-state index < -0.39 is 0 Å². The van der Waals surface area contributed by atoms with E-state index in [2.05, 4.69) is 4.90 Å². The second-order valence-corrected chi connectivity index (χ2v) is 4.97. The standard InChI is InChI=1S/C12H23NO/c14-12(10-13-8-4-5-9-13)11-6-2-1-3-7-11/h11-12,14H,1-10H2. The van der Waals surface area contributed by atoms with E-state index in [4.69, 9.17) is 0 Å². The summed E-state index contributed by atoms with van der Waals surface area (Å²) in [6.45, 7) is 3.36. The Labute approximate surface area is 87.3 Å². The van der Waals surface area contributed by atoms with Gasteiger partial charge in [0.2, 0.25) is 0 Å². The predicted molar refractivity (Wildman–Crippen MR) is 58.3 cm³/mol. The zero-order valence-electron chi connectivity index (χ0n) is 9.12. The van der Waals surface area contributed by atoms with Crippen LogP contribution in [-0.4, -0.2) is 35.7 Å². The number of likely N-dealkylation sites (tertiary alicyclic amines) is 1. The maximum atomic E-state index is 10.1. The van der Waals surface area contributed by atoms with E-state index in [1.165, 1.54) is 58.0 Å². The maximum absolute atomic E-state index is 10.1. The molecule has 1 saturated heterocycles. The zero-order chi connectivity index (χ0) is 9.80. The summed E-state index contributed by atoms with van der Waals surface area (Å²) in [4.78, 5) is 2.43. The summed E-state index contributed by atoms with van der Waals surface area (Å²) >= 11 is 0. The van der Waals surface area contributed by atoms with Crippen molar-refractivity contribution in [2.45, 2.75) is 51.0 Å². The predicted octanol–water partition coefficient (Wildman–Crippen LogP) is 2.02. The lowest BCUT2D eigenvalue weighted by Gasteiger charge is -2.29. The largest absolute Gasteiger partial charge is 0.392 e. The van der Waals surface area contributed by atoms with E-state index in [9.17, 15) is 5.11 Å². The van der Waals surface area contributed by atoms with Crippen LogP contribution in [0.2, 0.25) is 0 Å². The number of β-amino-alcohol motifs (C(OH)–C–C–N with tert-alkyl or cyclic N) is 1. The fourth-order valence-electron chi connectivity index (χ4n) is 2.90. The van der Waals surface area contributed by atoms with Crippen LogP contribution in [0.15, 0.2) is 0 Å². The highest BCUT2D eigenvalue weighted by Crippen LogP contribution is 2.27. The maximum Gasteiger partial charge on any atom is 0.0695 e. The average Bonchev–Trinajstić information content (AvgIpc) is 2.72. The molecule has 1 unspecified atom stereocenters. The molecule has 82 valence electrons. The number of aliphatic hydroxyl groups is 1. The van der Waals surface area contributed by atoms with Gasteiger partial charge in [0.15, 0.2) is 0 Å². The van der Waals surface area contributed by atoms with Crippen LogP contribution in [0.1, 0.15) is 44.9 Å². The SMILES string of the molecule is OC(CN1CCCC1)C1CCCCC1. The number of rotatable bonds is 3. The summed E-state index contributed by atoms with van der Waals surface area (Å²) in [5.74, 6) is 0.601. The van der Waals surface area contributed by atoms with Crippen molar-refractivity contribution in [1.29, 1.82) is 0 Å². The molecule has 1 atom stereocenters. The van der Waals surface area contributed by atoms with Crippen LogP contribution in [0.3, 0.4) is 0 Å². The molecule has 0 spiro atoms. The third-order valence-corrected chi connectivity index (χ3v) is 3.84. The van der Waals surface area contributed by atoms with Crippen LogP contribution in [0, 0.1) is 5.92 Å². The first-order valence-electron chi connectivity index (χ1n) is 6.26. The minimum Gasteiger partial charge on any atom is -0.392 e. The van der Waals surface area contributed by atoms with Gasteiger partial charge >= 0.3 is 0 Å². The summed E-state index contributed by atoms with van der Waals surface area (Å²) in [6, 6.07) is 0. The van der Waals surface area contributed by atoms with Crippen LogP contribution >= 0.6 is 0 Å². The van der Waals surface area contributed by atoms with Gasteiger partial charge < -0.3 is 10.0 Å². The summed E-state index contributed by atoms with van der Waals surface area (Å²) in [5.41, 5.74) is 0. The smallest absolute Gasteiger partial charge is 0.0695 e. The van der Waals surface area contributed by atoms with Crippen molar-refractivity contribution < 1.29 is 5.11 Å². The van der Waals surface area contributed by atoms with Crippen LogP contribution in [0.5, 0.6) is 0 Å². The van der Waals surface area contributed by atoms with Crippen LogP contribution in [0.25, 0.3) is 0 Å². The summed E-state index contributed by atoms with van der Waals surface area (Å²) in [6.07, 6.45) is 9.18. The minimum absolute atomic E-state index is 0.0478. The molecule has 2 heteroatoms. The number of aliphatic hydroxyl groups excluding tert-OH is 1. The molecule has 2 fully saturated rings. The fraction of sp³-hybridized carbons (Fsp3) is 1.00. The molecule has 0 radical (unpaired) electrons. The Balaban J connectivity index is 1.72. The van der Waals surface area contributed by atoms with Gasteiger partial charge in [-0.2, -0.15) is 0 Å². The van der Waals surface area contributed by atoms with E-state index in [-0.39, 0.29) is 6.10 Å². The highest BCUT2D eigenvalue weighted by Gasteiger charge is 2.24. The second-order valence-electron chi connectivity index (χ2n) is 4.97. The lowest BCUT2D eigenvalue weighted by atomic mass is 9.85. The van der Waals surface area contributed by atoms with E-state index >= 15 is 0 Å². The van der Waals surface area contributed by atoms with E-state index in [0.717, 1.165) is 6.54 Å². The summed E-state index contributed by atoms with van der Waals surface area (Å²) in [7, 11) is 0. The normalized spacial score (nSPS) is 28.1. The molecule has 1 heterocycles. The van der Waals surface area contributed by atoms with Crippen molar-refractivity contribution in [3.05, 3.63) is 0 Å². The quantitative estimate of drug-likeness (QED) is 0.748. The Morgan fingerprint density at radius 2 is 1.64 bits per heavy atom. The van der Waals surface area contributed by atoms with Crippen molar-refractivity contribution in [3.63, 3.8) is 0 Å². The Bertz CT molecular complexity index is 160. The van der Waals surface area contributed by atoms with Crippen LogP contribution < -0.4 is 0 Å². The molecule has 1 aliphatic heterocycles. The van der Waals surface area contributed by atoms with Gasteiger partial charge in [-0.15, -0.1) is 0 Å². The third-order valence-electron chi connectivity index (χ3n) is 3.84. The Hall–Kier alpha value is -0.0800. The average molecular weight is 197 g/mol. The Morgan fingerprint density at radius 3 is 2.29 bits per heavy atom. The number of hydrogen-bond donors (Lipinski definition) is 1. The van der Waals surface area contributed by atoms with Crippen molar-refractivity contribution in [2.24, 2.45) is 5.92 Å². The first kappa shape index (κ1) is 10.4. The molecule has 1 saturated carbocycles. The molecule has 2 aliphatic rings. The molecular formula is C12H23NO. The van der Waals surface area contributed by atoms with Gasteiger partial charge in [0.25, 0.3) is 0 Å². The number of hydrogen-bond acceptors (Lipinski definition) is 2. The molecule has 2 rings (SSSR count).